The van der Waals surface area contributed by atoms with E-state index < -0.39 is 34.3 Å². The largest absolute Gasteiger partial charge is 0.420 e. The van der Waals surface area contributed by atoms with Crippen LogP contribution in [0.15, 0.2) is 46.9 Å². The summed E-state index contributed by atoms with van der Waals surface area (Å²) >= 11 is 0. The second-order valence-corrected chi connectivity index (χ2v) is 12.5. The van der Waals surface area contributed by atoms with E-state index in [9.17, 15) is 17.2 Å². The first kappa shape index (κ1) is 28.9. The average Bonchev–Trinajstić information content (AvgIpc) is 3.38. The zero-order valence-corrected chi connectivity index (χ0v) is 23.4. The molecule has 1 aliphatic rings. The first-order chi connectivity index (χ1) is 18.5. The lowest BCUT2D eigenvalue weighted by Crippen LogP contribution is -2.32. The molecule has 12 heteroatoms. The lowest BCUT2D eigenvalue weighted by Gasteiger charge is -2.25. The van der Waals surface area contributed by atoms with E-state index in [4.69, 9.17) is 10.2 Å². The van der Waals surface area contributed by atoms with E-state index in [2.05, 4.69) is 26.8 Å². The zero-order valence-electron chi connectivity index (χ0n) is 22.6. The molecule has 1 aliphatic carbocycles. The number of hydrogen-bond acceptors (Lipinski definition) is 8. The minimum Gasteiger partial charge on any atom is -0.420 e. The number of nitrogens with zero attached hydrogens (tertiary/aromatic N) is 4. The Morgan fingerprint density at radius 1 is 1.18 bits per heavy atom. The zero-order chi connectivity index (χ0) is 28.3. The van der Waals surface area contributed by atoms with Crippen molar-refractivity contribution in [2.45, 2.75) is 64.2 Å². The van der Waals surface area contributed by atoms with Gasteiger partial charge < -0.3 is 15.1 Å². The summed E-state index contributed by atoms with van der Waals surface area (Å²) in [6, 6.07) is 12.2. The summed E-state index contributed by atoms with van der Waals surface area (Å²) < 4.78 is 61.3. The van der Waals surface area contributed by atoms with Gasteiger partial charge in [-0.15, -0.1) is 10.2 Å². The van der Waals surface area contributed by atoms with Gasteiger partial charge in [0.05, 0.1) is 17.7 Å². The summed E-state index contributed by atoms with van der Waals surface area (Å²) in [5.41, 5.74) is 7.71. The molecule has 1 saturated carbocycles. The standard InChI is InChI=1S/C27H36F2N6O3S/c1-5-17(3)39(36,37)34-23-12-20(13-24(31-23)35(15-22(28)29)14-21-11-16(21)2)27-33-32-26(38-27)18(4)25(30)19-9-7-6-8-10-19/h6-10,12-13,16-18,21-22,25H,5,11,14-15,30H2,1-4H3,(H,31,34). The first-order valence-electron chi connectivity index (χ1n) is 13.2. The lowest BCUT2D eigenvalue weighted by molar-refractivity contribution is 0.154. The van der Waals surface area contributed by atoms with Gasteiger partial charge in [0.15, 0.2) is 0 Å². The molecule has 3 N–H and O–H groups in total. The molecule has 0 aliphatic heterocycles. The smallest absolute Gasteiger partial charge is 0.255 e. The highest BCUT2D eigenvalue weighted by atomic mass is 32.2. The molecule has 2 heterocycles. The number of hydrogen-bond donors (Lipinski definition) is 2. The van der Waals surface area contributed by atoms with Crippen LogP contribution in [0.3, 0.4) is 0 Å². The molecule has 1 aromatic carbocycles. The van der Waals surface area contributed by atoms with Crippen LogP contribution in [0.2, 0.25) is 0 Å². The van der Waals surface area contributed by atoms with Crippen molar-refractivity contribution in [3.05, 3.63) is 53.9 Å². The quantitative estimate of drug-likeness (QED) is 0.291. The van der Waals surface area contributed by atoms with Crippen LogP contribution in [0.1, 0.15) is 64.0 Å². The fraction of sp³-hybridized carbons (Fsp3) is 0.519. The van der Waals surface area contributed by atoms with Crippen LogP contribution in [0.25, 0.3) is 11.5 Å². The Kier molecular flexibility index (Phi) is 8.85. The molecule has 2 aromatic heterocycles. The highest BCUT2D eigenvalue weighted by Gasteiger charge is 2.35. The van der Waals surface area contributed by atoms with E-state index in [1.165, 1.54) is 11.0 Å². The minimum absolute atomic E-state index is 0.000280. The summed E-state index contributed by atoms with van der Waals surface area (Å²) in [6.07, 6.45) is -1.26. The number of pyridine rings is 1. The molecule has 0 amide bonds. The monoisotopic (exact) mass is 562 g/mol. The van der Waals surface area contributed by atoms with Crippen LogP contribution in [0.5, 0.6) is 0 Å². The molecule has 4 rings (SSSR count). The van der Waals surface area contributed by atoms with Crippen LogP contribution in [-0.2, 0) is 10.0 Å². The van der Waals surface area contributed by atoms with Crippen molar-refractivity contribution in [2.24, 2.45) is 17.6 Å². The number of nitrogens with two attached hydrogens (primary N) is 1. The Labute approximate surface area is 228 Å². The molecule has 39 heavy (non-hydrogen) atoms. The molecule has 0 spiro atoms. The maximum Gasteiger partial charge on any atom is 0.255 e. The highest BCUT2D eigenvalue weighted by Crippen LogP contribution is 2.39. The van der Waals surface area contributed by atoms with Crippen molar-refractivity contribution >= 4 is 21.7 Å². The predicted molar refractivity (Wildman–Crippen MR) is 147 cm³/mol. The number of aromatic nitrogens is 3. The van der Waals surface area contributed by atoms with E-state index >= 15 is 0 Å². The van der Waals surface area contributed by atoms with Crippen LogP contribution in [0.4, 0.5) is 20.4 Å². The molecule has 3 aromatic rings. The molecular weight excluding hydrogens is 526 g/mol. The van der Waals surface area contributed by atoms with Gasteiger partial charge in [0, 0.05) is 18.2 Å². The van der Waals surface area contributed by atoms with Crippen LogP contribution in [-0.4, -0.2) is 48.4 Å². The third-order valence-electron chi connectivity index (χ3n) is 7.38. The SMILES string of the molecule is CCC(C)S(=O)(=O)Nc1cc(-c2nnc(C(C)C(N)c3ccccc3)o2)cc(N(CC(F)F)CC2CC2C)n1. The Balaban J connectivity index is 1.70. The Bertz CT molecular complexity index is 1350. The Morgan fingerprint density at radius 3 is 2.49 bits per heavy atom. The van der Waals surface area contributed by atoms with Gasteiger partial charge in [0.25, 0.3) is 6.43 Å². The van der Waals surface area contributed by atoms with E-state index in [1.54, 1.807) is 19.9 Å². The van der Waals surface area contributed by atoms with Crippen LogP contribution in [0, 0.1) is 11.8 Å². The molecule has 9 nitrogen and oxygen atoms in total. The Hall–Kier alpha value is -3.12. The summed E-state index contributed by atoms with van der Waals surface area (Å²) in [7, 11) is -3.76. The van der Waals surface area contributed by atoms with Crippen molar-refractivity contribution in [3.8, 4) is 11.5 Å². The topological polar surface area (TPSA) is 127 Å². The summed E-state index contributed by atoms with van der Waals surface area (Å²) in [6.45, 7) is 7.16. The van der Waals surface area contributed by atoms with Crippen molar-refractivity contribution in [1.82, 2.24) is 15.2 Å². The average molecular weight is 563 g/mol. The molecule has 5 unspecified atom stereocenters. The molecule has 0 radical (unpaired) electrons. The number of nitrogens with one attached hydrogen (secondary N) is 1. The van der Waals surface area contributed by atoms with Gasteiger partial charge in [-0.25, -0.2) is 22.2 Å². The lowest BCUT2D eigenvalue weighted by atomic mass is 9.95. The second-order valence-electron chi connectivity index (χ2n) is 10.4. The van der Waals surface area contributed by atoms with Crippen molar-refractivity contribution in [3.63, 3.8) is 0 Å². The van der Waals surface area contributed by atoms with Crippen molar-refractivity contribution in [2.75, 3.05) is 22.7 Å². The normalized spacial score (nSPS) is 19.5. The summed E-state index contributed by atoms with van der Waals surface area (Å²) in [5.74, 6) is 1.02. The van der Waals surface area contributed by atoms with E-state index in [0.717, 1.165) is 12.0 Å². The molecule has 1 fully saturated rings. The van der Waals surface area contributed by atoms with Gasteiger partial charge >= 0.3 is 0 Å². The number of alkyl halides is 2. The fourth-order valence-corrected chi connectivity index (χ4v) is 5.37. The third kappa shape index (κ3) is 7.10. The van der Waals surface area contributed by atoms with Crippen molar-refractivity contribution < 1.29 is 21.6 Å². The van der Waals surface area contributed by atoms with Crippen LogP contribution >= 0.6 is 0 Å². The molecule has 212 valence electrons. The number of sulfonamides is 1. The van der Waals surface area contributed by atoms with Gasteiger partial charge in [0.2, 0.25) is 21.8 Å². The summed E-state index contributed by atoms with van der Waals surface area (Å²) in [5, 5.41) is 7.69. The molecule has 0 bridgehead atoms. The number of benzene rings is 1. The van der Waals surface area contributed by atoms with Gasteiger partial charge in [-0.05, 0) is 49.3 Å². The molecule has 0 saturated heterocycles. The predicted octanol–water partition coefficient (Wildman–Crippen LogP) is 5.20. The maximum absolute atomic E-state index is 13.6. The fourth-order valence-electron chi connectivity index (χ4n) is 4.34. The second kappa shape index (κ2) is 12.0. The van der Waals surface area contributed by atoms with E-state index in [1.807, 2.05) is 37.3 Å². The number of halogens is 2. The minimum atomic E-state index is -3.76. The van der Waals surface area contributed by atoms with E-state index in [0.29, 0.717) is 30.3 Å². The maximum atomic E-state index is 13.6. The van der Waals surface area contributed by atoms with Gasteiger partial charge in [-0.1, -0.05) is 51.1 Å². The first-order valence-corrected chi connectivity index (χ1v) is 14.7. The molecule has 5 atom stereocenters. The Morgan fingerprint density at radius 2 is 1.87 bits per heavy atom. The summed E-state index contributed by atoms with van der Waals surface area (Å²) in [4.78, 5) is 5.92. The molecular formula is C27H36F2N6O3S. The van der Waals surface area contributed by atoms with E-state index in [-0.39, 0.29) is 29.4 Å². The van der Waals surface area contributed by atoms with Gasteiger partial charge in [-0.2, -0.15) is 0 Å². The van der Waals surface area contributed by atoms with Gasteiger partial charge in [0.1, 0.15) is 11.6 Å². The van der Waals surface area contributed by atoms with Gasteiger partial charge in [-0.3, -0.25) is 4.72 Å². The van der Waals surface area contributed by atoms with Crippen molar-refractivity contribution in [1.29, 1.82) is 0 Å². The number of anilines is 2. The van der Waals surface area contributed by atoms with Crippen LogP contribution < -0.4 is 15.4 Å². The number of rotatable bonds is 13. The third-order valence-corrected chi connectivity index (χ3v) is 9.26. The highest BCUT2D eigenvalue weighted by molar-refractivity contribution is 7.93.